The summed E-state index contributed by atoms with van der Waals surface area (Å²) in [6, 6.07) is 13.6. The Morgan fingerprint density at radius 3 is 2.35 bits per heavy atom. The molecule has 0 aliphatic rings. The molecule has 2 aromatic rings. The number of allylic oxidation sites excluding steroid dienone is 1. The second kappa shape index (κ2) is 13.8. The van der Waals surface area contributed by atoms with Crippen molar-refractivity contribution in [1.29, 1.82) is 5.41 Å². The summed E-state index contributed by atoms with van der Waals surface area (Å²) in [5, 5.41) is 15.0. The number of hydrogen-bond acceptors (Lipinski definition) is 2. The van der Waals surface area contributed by atoms with Crippen molar-refractivity contribution in [1.82, 2.24) is 0 Å². The summed E-state index contributed by atoms with van der Waals surface area (Å²) in [6.07, 6.45) is 4.96. The molecule has 0 spiro atoms. The lowest BCUT2D eigenvalue weighted by atomic mass is 10.0. The molecule has 0 saturated carbocycles. The summed E-state index contributed by atoms with van der Waals surface area (Å²) in [5.74, 6) is 4.97. The molecule has 5 heteroatoms. The third-order valence-electron chi connectivity index (χ3n) is 3.40. The Hall–Kier alpha value is -2.46. The lowest BCUT2D eigenvalue weighted by molar-refractivity contribution is 1.07. The zero-order chi connectivity index (χ0) is 19.9. The van der Waals surface area contributed by atoms with Gasteiger partial charge in [0.15, 0.2) is 5.84 Å². The molecule has 0 atom stereocenters. The van der Waals surface area contributed by atoms with Crippen LogP contribution in [0.15, 0.2) is 58.9 Å². The van der Waals surface area contributed by atoms with Crippen LogP contribution >= 0.6 is 11.6 Å². The molecule has 0 radical (unpaired) electrons. The van der Waals surface area contributed by atoms with Crippen LogP contribution in [0.5, 0.6) is 0 Å². The Morgan fingerprint density at radius 2 is 1.85 bits per heavy atom. The first-order chi connectivity index (χ1) is 12.5. The molecule has 2 aromatic carbocycles. The molecule has 0 fully saturated rings. The Labute approximate surface area is 162 Å². The fourth-order valence-corrected chi connectivity index (χ4v) is 2.32. The summed E-state index contributed by atoms with van der Waals surface area (Å²) < 4.78 is 0. The molecule has 0 aromatic heterocycles. The van der Waals surface area contributed by atoms with Gasteiger partial charge in [0.25, 0.3) is 0 Å². The first kappa shape index (κ1) is 23.5. The highest BCUT2D eigenvalue weighted by atomic mass is 35.5. The first-order valence-electron chi connectivity index (χ1n) is 8.70. The van der Waals surface area contributed by atoms with Crippen molar-refractivity contribution >= 4 is 23.5 Å². The van der Waals surface area contributed by atoms with E-state index in [1.807, 2.05) is 82.3 Å². The van der Waals surface area contributed by atoms with Crippen molar-refractivity contribution in [2.24, 2.45) is 16.2 Å². The highest BCUT2D eigenvalue weighted by molar-refractivity contribution is 6.31. The molecule has 0 bridgehead atoms. The van der Waals surface area contributed by atoms with E-state index in [2.05, 4.69) is 17.3 Å². The summed E-state index contributed by atoms with van der Waals surface area (Å²) in [7, 11) is 0. The fourth-order valence-electron chi connectivity index (χ4n) is 2.05. The number of hydrogen-bond donors (Lipinski definition) is 2. The van der Waals surface area contributed by atoms with E-state index in [0.29, 0.717) is 5.56 Å². The van der Waals surface area contributed by atoms with Crippen molar-refractivity contribution in [2.45, 2.75) is 41.0 Å². The molecule has 0 aliphatic heterocycles. The quantitative estimate of drug-likeness (QED) is 0.205. The number of amidine groups is 1. The topological polar surface area (TPSA) is 74.6 Å². The summed E-state index contributed by atoms with van der Waals surface area (Å²) in [6.45, 7) is 10.1. The monoisotopic (exact) mass is 372 g/mol. The number of halogens is 1. The van der Waals surface area contributed by atoms with Gasteiger partial charge in [-0.25, -0.2) is 0 Å². The zero-order valence-electron chi connectivity index (χ0n) is 16.3. The van der Waals surface area contributed by atoms with E-state index in [-0.39, 0.29) is 5.84 Å². The van der Waals surface area contributed by atoms with E-state index >= 15 is 0 Å². The van der Waals surface area contributed by atoms with Gasteiger partial charge in [0.1, 0.15) is 0 Å². The van der Waals surface area contributed by atoms with Crippen molar-refractivity contribution in [3.8, 4) is 0 Å². The Morgan fingerprint density at radius 1 is 1.19 bits per heavy atom. The first-order valence-corrected chi connectivity index (χ1v) is 9.07. The van der Waals surface area contributed by atoms with Crippen LogP contribution in [0.4, 0.5) is 0 Å². The lowest BCUT2D eigenvalue weighted by Crippen LogP contribution is -1.96. The van der Waals surface area contributed by atoms with E-state index < -0.39 is 0 Å². The summed E-state index contributed by atoms with van der Waals surface area (Å²) in [4.78, 5) is 0. The molecule has 3 N–H and O–H groups in total. The average Bonchev–Trinajstić information content (AvgIpc) is 2.66. The Balaban J connectivity index is 0.000000484. The molecule has 0 aliphatic carbocycles. The van der Waals surface area contributed by atoms with Crippen LogP contribution in [0.2, 0.25) is 5.02 Å². The number of aryl methyl sites for hydroxylation is 2. The van der Waals surface area contributed by atoms with E-state index in [1.165, 1.54) is 5.56 Å². The summed E-state index contributed by atoms with van der Waals surface area (Å²) in [5.41, 5.74) is 4.17. The van der Waals surface area contributed by atoms with Gasteiger partial charge in [-0.05, 0) is 49.1 Å². The van der Waals surface area contributed by atoms with E-state index in [4.69, 9.17) is 22.9 Å². The van der Waals surface area contributed by atoms with Crippen LogP contribution in [0.3, 0.4) is 0 Å². The van der Waals surface area contributed by atoms with Gasteiger partial charge in [-0.2, -0.15) is 0 Å². The molecular weight excluding hydrogens is 344 g/mol. The Kier molecular flexibility index (Phi) is 12.5. The maximum atomic E-state index is 7.56. The maximum Gasteiger partial charge on any atom is 0.176 e. The molecule has 0 saturated heterocycles. The van der Waals surface area contributed by atoms with Gasteiger partial charge >= 0.3 is 0 Å². The fraction of sp³-hybridized carbons (Fsp3) is 0.286. The molecule has 140 valence electrons. The minimum atomic E-state index is 0.0725. The Bertz CT molecular complexity index is 737. The van der Waals surface area contributed by atoms with Gasteiger partial charge in [-0.3, -0.25) is 5.41 Å². The van der Waals surface area contributed by atoms with Crippen molar-refractivity contribution < 1.29 is 0 Å². The average molecular weight is 373 g/mol. The molecule has 0 unspecified atom stereocenters. The van der Waals surface area contributed by atoms with Crippen LogP contribution < -0.4 is 5.84 Å². The minimum Gasteiger partial charge on any atom is -0.305 e. The molecule has 0 heterocycles. The van der Waals surface area contributed by atoms with Crippen molar-refractivity contribution in [3.63, 3.8) is 0 Å². The maximum absolute atomic E-state index is 7.56. The number of nitrogens with two attached hydrogens (primary N) is 1. The van der Waals surface area contributed by atoms with Crippen molar-refractivity contribution in [3.05, 3.63) is 75.8 Å². The standard InChI is InChI=1S/C11H14N4.C8H9Cl.C2H6/c1-3-4-9-7-10(6-5-8(9)2)11(12)14-15-13;1-2-7-5-3-4-6-8(7)9;1-2/h3-7H,1-2H3,(H3,12,13,14);3-6H,2H2,1H3;1-2H3/b4-3-;;. The molecule has 0 amide bonds. The third kappa shape index (κ3) is 8.08. The summed E-state index contributed by atoms with van der Waals surface area (Å²) >= 11 is 5.82. The van der Waals surface area contributed by atoms with Gasteiger partial charge in [0, 0.05) is 10.6 Å². The predicted molar refractivity (Wildman–Crippen MR) is 114 cm³/mol. The SMILES string of the molecule is C/C=C\c1cc(C(=N)N=NN)ccc1C.CC.CCc1ccccc1Cl. The van der Waals surface area contributed by atoms with Crippen LogP contribution in [-0.4, -0.2) is 5.84 Å². The van der Waals surface area contributed by atoms with Gasteiger partial charge in [-0.15, -0.1) is 5.11 Å². The smallest absolute Gasteiger partial charge is 0.176 e. The van der Waals surface area contributed by atoms with Gasteiger partial charge in [0.05, 0.1) is 0 Å². The number of nitrogens with one attached hydrogen (secondary N) is 1. The molecule has 26 heavy (non-hydrogen) atoms. The van der Waals surface area contributed by atoms with Crippen LogP contribution in [0.1, 0.15) is 49.9 Å². The number of benzene rings is 2. The van der Waals surface area contributed by atoms with Crippen LogP contribution in [0.25, 0.3) is 6.08 Å². The molecule has 2 rings (SSSR count). The second-order valence-electron chi connectivity index (χ2n) is 5.08. The zero-order valence-corrected chi connectivity index (χ0v) is 17.0. The lowest BCUT2D eigenvalue weighted by Gasteiger charge is -2.03. The number of nitrogens with zero attached hydrogens (tertiary/aromatic N) is 2. The van der Waals surface area contributed by atoms with Crippen LogP contribution in [0, 0.1) is 12.3 Å². The normalized spacial score (nSPS) is 10.1. The van der Waals surface area contributed by atoms with Gasteiger partial charge in [0.2, 0.25) is 0 Å². The van der Waals surface area contributed by atoms with E-state index in [9.17, 15) is 0 Å². The van der Waals surface area contributed by atoms with Gasteiger partial charge in [-0.1, -0.05) is 80.1 Å². The third-order valence-corrected chi connectivity index (χ3v) is 3.76. The second-order valence-corrected chi connectivity index (χ2v) is 5.49. The predicted octanol–water partition coefficient (Wildman–Crippen LogP) is 6.61. The molecule has 4 nitrogen and oxygen atoms in total. The van der Waals surface area contributed by atoms with E-state index in [0.717, 1.165) is 22.6 Å². The molecular formula is C21H29ClN4. The van der Waals surface area contributed by atoms with Crippen molar-refractivity contribution in [2.75, 3.05) is 0 Å². The number of rotatable bonds is 3. The highest BCUT2D eigenvalue weighted by Gasteiger charge is 2.02. The largest absolute Gasteiger partial charge is 0.305 e. The minimum absolute atomic E-state index is 0.0725. The van der Waals surface area contributed by atoms with Crippen LogP contribution in [-0.2, 0) is 6.42 Å². The highest BCUT2D eigenvalue weighted by Crippen LogP contribution is 2.15. The van der Waals surface area contributed by atoms with E-state index in [1.54, 1.807) is 0 Å². The van der Waals surface area contributed by atoms with Gasteiger partial charge < -0.3 is 5.84 Å².